The Balaban J connectivity index is 1.90. The zero-order valence-electron chi connectivity index (χ0n) is 14.0. The Bertz CT molecular complexity index is 1130. The smallest absolute Gasteiger partial charge is 0.267 e. The normalized spacial score (nSPS) is 10.8. The van der Waals surface area contributed by atoms with Gasteiger partial charge in [-0.2, -0.15) is 9.78 Å². The molecule has 0 radical (unpaired) electrons. The van der Waals surface area contributed by atoms with Crippen LogP contribution < -0.4 is 5.56 Å². The van der Waals surface area contributed by atoms with E-state index in [0.29, 0.717) is 23.1 Å². The van der Waals surface area contributed by atoms with Gasteiger partial charge in [-0.25, -0.2) is 0 Å². The first-order valence-electron chi connectivity index (χ1n) is 8.38. The second kappa shape index (κ2) is 6.76. The maximum Gasteiger partial charge on any atom is 0.282 e. The van der Waals surface area contributed by atoms with E-state index in [1.54, 1.807) is 36.4 Å². The van der Waals surface area contributed by atoms with Crippen molar-refractivity contribution >= 4 is 16.7 Å². The Hall–Kier alpha value is -3.53. The van der Waals surface area contributed by atoms with Crippen molar-refractivity contribution in [2.24, 2.45) is 0 Å². The molecule has 0 N–H and O–H groups in total. The van der Waals surface area contributed by atoms with Crippen molar-refractivity contribution in [2.45, 2.75) is 6.42 Å². The lowest BCUT2D eigenvalue weighted by atomic mass is 10.0. The van der Waals surface area contributed by atoms with Gasteiger partial charge in [-0.05, 0) is 23.8 Å². The lowest BCUT2D eigenvalue weighted by molar-refractivity contribution is 0.0939. The average Bonchev–Trinajstić information content (AvgIpc) is 2.71. The van der Waals surface area contributed by atoms with Crippen molar-refractivity contribution in [1.29, 1.82) is 0 Å². The second-order valence-corrected chi connectivity index (χ2v) is 6.04. The van der Waals surface area contributed by atoms with Crippen LogP contribution in [0.25, 0.3) is 10.8 Å². The molecule has 0 unspecified atom stereocenters. The van der Waals surface area contributed by atoms with E-state index >= 15 is 0 Å². The maximum atomic E-state index is 12.8. The first-order chi connectivity index (χ1) is 12.7. The van der Waals surface area contributed by atoms with E-state index < -0.39 is 11.5 Å². The third-order valence-corrected chi connectivity index (χ3v) is 4.31. The summed E-state index contributed by atoms with van der Waals surface area (Å²) in [5.41, 5.74) is 1.81. The van der Waals surface area contributed by atoms with Gasteiger partial charge in [0.05, 0.1) is 11.1 Å². The average molecular weight is 340 g/mol. The molecule has 4 aromatic rings. The molecule has 0 aliphatic heterocycles. The van der Waals surface area contributed by atoms with Gasteiger partial charge in [-0.1, -0.05) is 66.7 Å². The Morgan fingerprint density at radius 3 is 2.04 bits per heavy atom. The van der Waals surface area contributed by atoms with E-state index in [1.807, 2.05) is 48.5 Å². The van der Waals surface area contributed by atoms with Crippen molar-refractivity contribution in [3.05, 3.63) is 112 Å². The van der Waals surface area contributed by atoms with E-state index in [-0.39, 0.29) is 0 Å². The molecule has 0 atom stereocenters. The summed E-state index contributed by atoms with van der Waals surface area (Å²) in [6.45, 7) is 0. The standard InChI is InChI=1S/C22H16N2O2/c25-21(17-11-5-2-6-12-17)24-22(26)19-14-8-7-13-18(19)20(23-24)15-16-9-3-1-4-10-16/h1-14H,15H2. The summed E-state index contributed by atoms with van der Waals surface area (Å²) in [4.78, 5) is 25.6. The number of nitrogens with zero attached hydrogens (tertiary/aromatic N) is 2. The first-order valence-corrected chi connectivity index (χ1v) is 8.38. The van der Waals surface area contributed by atoms with Gasteiger partial charge in [0.15, 0.2) is 0 Å². The van der Waals surface area contributed by atoms with Gasteiger partial charge in [0.2, 0.25) is 0 Å². The van der Waals surface area contributed by atoms with Crippen molar-refractivity contribution in [2.75, 3.05) is 0 Å². The number of aromatic nitrogens is 2. The summed E-state index contributed by atoms with van der Waals surface area (Å²) in [6, 6.07) is 25.9. The molecule has 0 aliphatic carbocycles. The predicted octanol–water partition coefficient (Wildman–Crippen LogP) is 3.68. The van der Waals surface area contributed by atoms with Crippen LogP contribution in [-0.2, 0) is 6.42 Å². The minimum atomic E-state index is -0.421. The minimum Gasteiger partial charge on any atom is -0.267 e. The molecular weight excluding hydrogens is 324 g/mol. The van der Waals surface area contributed by atoms with E-state index in [9.17, 15) is 9.59 Å². The van der Waals surface area contributed by atoms with Crippen molar-refractivity contribution in [3.63, 3.8) is 0 Å². The van der Waals surface area contributed by atoms with E-state index in [4.69, 9.17) is 0 Å². The molecule has 4 heteroatoms. The number of hydrogen-bond donors (Lipinski definition) is 0. The first kappa shape index (κ1) is 16.0. The van der Waals surface area contributed by atoms with Gasteiger partial charge in [-0.15, -0.1) is 0 Å². The molecule has 1 heterocycles. The van der Waals surface area contributed by atoms with E-state index in [2.05, 4.69) is 5.10 Å². The fourth-order valence-electron chi connectivity index (χ4n) is 3.02. The molecule has 0 amide bonds. The second-order valence-electron chi connectivity index (χ2n) is 6.04. The topological polar surface area (TPSA) is 52.0 Å². The molecule has 0 saturated heterocycles. The molecule has 0 aliphatic rings. The Kier molecular flexibility index (Phi) is 4.15. The van der Waals surface area contributed by atoms with Crippen molar-refractivity contribution in [3.8, 4) is 0 Å². The Labute approximate surface area is 150 Å². The molecular formula is C22H16N2O2. The van der Waals surface area contributed by atoms with Crippen LogP contribution in [0.3, 0.4) is 0 Å². The maximum absolute atomic E-state index is 12.8. The molecule has 0 spiro atoms. The predicted molar refractivity (Wildman–Crippen MR) is 101 cm³/mol. The third-order valence-electron chi connectivity index (χ3n) is 4.31. The van der Waals surface area contributed by atoms with Crippen molar-refractivity contribution in [1.82, 2.24) is 9.78 Å². The SMILES string of the molecule is O=C(c1ccccc1)n1nc(Cc2ccccc2)c2ccccc2c1=O. The summed E-state index contributed by atoms with van der Waals surface area (Å²) in [7, 11) is 0. The fraction of sp³-hybridized carbons (Fsp3) is 0.0455. The lowest BCUT2D eigenvalue weighted by Crippen LogP contribution is -2.31. The molecule has 0 fully saturated rings. The summed E-state index contributed by atoms with van der Waals surface area (Å²) in [5, 5.41) is 5.70. The molecule has 0 saturated carbocycles. The van der Waals surface area contributed by atoms with E-state index in [1.165, 1.54) is 0 Å². The van der Waals surface area contributed by atoms with Crippen LogP contribution in [0.4, 0.5) is 0 Å². The number of fused-ring (bicyclic) bond motifs is 1. The summed E-state index contributed by atoms with van der Waals surface area (Å²) in [6.07, 6.45) is 0.545. The summed E-state index contributed by atoms with van der Waals surface area (Å²) < 4.78 is 0.982. The van der Waals surface area contributed by atoms with Gasteiger partial charge < -0.3 is 0 Å². The van der Waals surface area contributed by atoms with Crippen LogP contribution in [-0.4, -0.2) is 15.7 Å². The fourth-order valence-corrected chi connectivity index (χ4v) is 3.02. The molecule has 3 aromatic carbocycles. The highest BCUT2D eigenvalue weighted by Gasteiger charge is 2.16. The molecule has 1 aromatic heterocycles. The van der Waals surface area contributed by atoms with Gasteiger partial charge in [0.1, 0.15) is 0 Å². The Morgan fingerprint density at radius 1 is 0.769 bits per heavy atom. The van der Waals surface area contributed by atoms with Crippen LogP contribution in [0.15, 0.2) is 89.7 Å². The van der Waals surface area contributed by atoms with Crippen LogP contribution in [0.2, 0.25) is 0 Å². The van der Waals surface area contributed by atoms with Crippen LogP contribution in [0, 0.1) is 0 Å². The monoisotopic (exact) mass is 340 g/mol. The zero-order valence-corrected chi connectivity index (χ0v) is 14.0. The number of benzene rings is 3. The highest BCUT2D eigenvalue weighted by Crippen LogP contribution is 2.17. The van der Waals surface area contributed by atoms with E-state index in [0.717, 1.165) is 15.6 Å². The van der Waals surface area contributed by atoms with Gasteiger partial charge >= 0.3 is 0 Å². The van der Waals surface area contributed by atoms with Crippen LogP contribution in [0.1, 0.15) is 21.6 Å². The molecule has 26 heavy (non-hydrogen) atoms. The van der Waals surface area contributed by atoms with Crippen LogP contribution in [0.5, 0.6) is 0 Å². The zero-order chi connectivity index (χ0) is 17.9. The molecule has 0 bridgehead atoms. The number of carbonyl (C=O) groups excluding carboxylic acids is 1. The van der Waals surface area contributed by atoms with Crippen LogP contribution >= 0.6 is 0 Å². The quantitative estimate of drug-likeness (QED) is 0.572. The third kappa shape index (κ3) is 2.93. The summed E-state index contributed by atoms with van der Waals surface area (Å²) in [5.74, 6) is -0.421. The van der Waals surface area contributed by atoms with Gasteiger partial charge in [0, 0.05) is 17.4 Å². The molecule has 4 rings (SSSR count). The highest BCUT2D eigenvalue weighted by atomic mass is 16.2. The van der Waals surface area contributed by atoms with Gasteiger partial charge in [-0.3, -0.25) is 9.59 Å². The highest BCUT2D eigenvalue weighted by molar-refractivity contribution is 5.97. The lowest BCUT2D eigenvalue weighted by Gasteiger charge is -2.10. The number of rotatable bonds is 3. The van der Waals surface area contributed by atoms with Crippen molar-refractivity contribution < 1.29 is 4.79 Å². The largest absolute Gasteiger partial charge is 0.282 e. The summed E-state index contributed by atoms with van der Waals surface area (Å²) >= 11 is 0. The Morgan fingerprint density at radius 2 is 1.35 bits per heavy atom. The minimum absolute atomic E-state index is 0.397. The number of carbonyl (C=O) groups is 1. The van der Waals surface area contributed by atoms with Gasteiger partial charge in [0.25, 0.3) is 11.5 Å². The molecule has 126 valence electrons. The number of hydrogen-bond acceptors (Lipinski definition) is 3. The molecule has 4 nitrogen and oxygen atoms in total.